The van der Waals surface area contributed by atoms with Crippen molar-refractivity contribution in [3.8, 4) is 11.1 Å². The number of aromatic nitrogens is 2. The molecule has 0 aliphatic heterocycles. The Kier molecular flexibility index (Phi) is 5.46. The Morgan fingerprint density at radius 2 is 1.90 bits per heavy atom. The third kappa shape index (κ3) is 4.02. The fraction of sp³-hybridized carbons (Fsp3) is 0.174. The highest BCUT2D eigenvalue weighted by Gasteiger charge is 2.17. The van der Waals surface area contributed by atoms with Crippen molar-refractivity contribution in [2.75, 3.05) is 5.32 Å². The molecule has 0 amide bonds. The summed E-state index contributed by atoms with van der Waals surface area (Å²) in [7, 11) is 0. The summed E-state index contributed by atoms with van der Waals surface area (Å²) in [5.74, 6) is -0.0337. The number of carbonyl (C=O) groups is 1. The maximum Gasteiger partial charge on any atom is 0.338 e. The summed E-state index contributed by atoms with van der Waals surface area (Å²) in [4.78, 5) is 23.0. The van der Waals surface area contributed by atoms with Crippen LogP contribution >= 0.6 is 11.3 Å². The molecular formula is C23H20FN3O2S. The lowest BCUT2D eigenvalue weighted by molar-refractivity contribution is 0.0378. The number of anilines is 2. The van der Waals surface area contributed by atoms with E-state index < -0.39 is 0 Å². The summed E-state index contributed by atoms with van der Waals surface area (Å²) in [6.07, 6.45) is 1.31. The van der Waals surface area contributed by atoms with Gasteiger partial charge in [0.25, 0.3) is 0 Å². The lowest BCUT2D eigenvalue weighted by Gasteiger charge is -2.11. The number of nitrogens with one attached hydrogen (secondary N) is 1. The number of aryl methyl sites for hydroxylation is 1. The van der Waals surface area contributed by atoms with Crippen molar-refractivity contribution in [1.82, 2.24) is 9.97 Å². The first kappa shape index (κ1) is 20.0. The summed E-state index contributed by atoms with van der Waals surface area (Å²) >= 11 is 1.56. The van der Waals surface area contributed by atoms with Gasteiger partial charge in [-0.3, -0.25) is 0 Å². The second-order valence-electron chi connectivity index (χ2n) is 7.10. The van der Waals surface area contributed by atoms with Crippen LogP contribution in [0.4, 0.5) is 15.9 Å². The molecule has 0 aliphatic carbocycles. The van der Waals surface area contributed by atoms with Crippen LogP contribution in [0.5, 0.6) is 0 Å². The van der Waals surface area contributed by atoms with Crippen molar-refractivity contribution in [1.29, 1.82) is 0 Å². The van der Waals surface area contributed by atoms with Crippen molar-refractivity contribution in [2.24, 2.45) is 0 Å². The largest absolute Gasteiger partial charge is 0.459 e. The van der Waals surface area contributed by atoms with Gasteiger partial charge in [0, 0.05) is 16.1 Å². The van der Waals surface area contributed by atoms with Crippen molar-refractivity contribution < 1.29 is 13.9 Å². The first-order valence-electron chi connectivity index (χ1n) is 9.50. The van der Waals surface area contributed by atoms with Gasteiger partial charge in [0.2, 0.25) is 0 Å². The molecule has 152 valence electrons. The van der Waals surface area contributed by atoms with Crippen LogP contribution in [0.15, 0.2) is 54.9 Å². The van der Waals surface area contributed by atoms with Crippen LogP contribution in [0, 0.1) is 12.7 Å². The number of benzene rings is 2. The SMILES string of the molecule is Cc1sc2ncnc(Nc3cccc(C(=O)OC(C)C)c3)c2c1-c1ccc(F)cc1. The molecule has 0 saturated carbocycles. The van der Waals surface area contributed by atoms with Crippen LogP contribution in [-0.4, -0.2) is 22.0 Å². The molecule has 4 aromatic rings. The molecule has 0 unspecified atom stereocenters. The topological polar surface area (TPSA) is 64.1 Å². The van der Waals surface area contributed by atoms with E-state index in [0.29, 0.717) is 17.1 Å². The van der Waals surface area contributed by atoms with Gasteiger partial charge in [-0.25, -0.2) is 19.2 Å². The Hall–Kier alpha value is -3.32. The number of carbonyl (C=O) groups excluding carboxylic acids is 1. The van der Waals surface area contributed by atoms with Crippen molar-refractivity contribution >= 4 is 39.0 Å². The van der Waals surface area contributed by atoms with Crippen LogP contribution in [0.2, 0.25) is 0 Å². The average molecular weight is 421 g/mol. The van der Waals surface area contributed by atoms with E-state index in [-0.39, 0.29) is 17.9 Å². The lowest BCUT2D eigenvalue weighted by atomic mass is 10.0. The Morgan fingerprint density at radius 1 is 1.13 bits per heavy atom. The van der Waals surface area contributed by atoms with Crippen molar-refractivity contribution in [3.05, 3.63) is 71.1 Å². The molecule has 7 heteroatoms. The number of esters is 1. The maximum atomic E-state index is 13.4. The van der Waals surface area contributed by atoms with Gasteiger partial charge in [-0.15, -0.1) is 11.3 Å². The maximum absolute atomic E-state index is 13.4. The summed E-state index contributed by atoms with van der Waals surface area (Å²) in [5, 5.41) is 4.17. The van der Waals surface area contributed by atoms with E-state index in [4.69, 9.17) is 4.74 Å². The Bertz CT molecular complexity index is 1220. The van der Waals surface area contributed by atoms with Crippen LogP contribution in [-0.2, 0) is 4.74 Å². The van der Waals surface area contributed by atoms with Gasteiger partial charge in [-0.2, -0.15) is 0 Å². The minimum atomic E-state index is -0.375. The molecule has 5 nitrogen and oxygen atoms in total. The zero-order valence-electron chi connectivity index (χ0n) is 16.8. The van der Waals surface area contributed by atoms with Gasteiger partial charge < -0.3 is 10.1 Å². The first-order chi connectivity index (χ1) is 14.4. The highest BCUT2D eigenvalue weighted by Crippen LogP contribution is 2.41. The molecule has 2 heterocycles. The van der Waals surface area contributed by atoms with E-state index >= 15 is 0 Å². The van der Waals surface area contributed by atoms with Crippen LogP contribution in [0.1, 0.15) is 29.1 Å². The Morgan fingerprint density at radius 3 is 2.63 bits per heavy atom. The third-order valence-electron chi connectivity index (χ3n) is 4.50. The van der Waals surface area contributed by atoms with Gasteiger partial charge in [0.1, 0.15) is 22.8 Å². The molecule has 1 N–H and O–H groups in total. The molecule has 30 heavy (non-hydrogen) atoms. The molecule has 0 atom stereocenters. The molecule has 2 aromatic heterocycles. The fourth-order valence-electron chi connectivity index (χ4n) is 3.25. The predicted octanol–water partition coefficient (Wildman–Crippen LogP) is 6.11. The van der Waals surface area contributed by atoms with Gasteiger partial charge in [-0.1, -0.05) is 18.2 Å². The normalized spacial score (nSPS) is 11.1. The second-order valence-corrected chi connectivity index (χ2v) is 8.31. The zero-order valence-corrected chi connectivity index (χ0v) is 17.6. The summed E-state index contributed by atoms with van der Waals surface area (Å²) in [6.45, 7) is 5.64. The number of nitrogens with zero attached hydrogens (tertiary/aromatic N) is 2. The number of hydrogen-bond donors (Lipinski definition) is 1. The van der Waals surface area contributed by atoms with Crippen LogP contribution in [0.25, 0.3) is 21.3 Å². The van der Waals surface area contributed by atoms with Crippen molar-refractivity contribution in [2.45, 2.75) is 26.9 Å². The predicted molar refractivity (Wildman–Crippen MR) is 118 cm³/mol. The van der Waals surface area contributed by atoms with Gasteiger partial charge in [-0.05, 0) is 56.7 Å². The van der Waals surface area contributed by atoms with E-state index in [2.05, 4.69) is 15.3 Å². The Balaban J connectivity index is 1.76. The van der Waals surface area contributed by atoms with E-state index in [9.17, 15) is 9.18 Å². The number of halogens is 1. The highest BCUT2D eigenvalue weighted by atomic mass is 32.1. The van der Waals surface area contributed by atoms with Crippen LogP contribution in [0.3, 0.4) is 0 Å². The minimum absolute atomic E-state index is 0.192. The number of rotatable bonds is 5. The van der Waals surface area contributed by atoms with Gasteiger partial charge in [0.15, 0.2) is 0 Å². The Labute approximate surface area is 177 Å². The zero-order chi connectivity index (χ0) is 21.3. The lowest BCUT2D eigenvalue weighted by Crippen LogP contribution is -2.11. The summed E-state index contributed by atoms with van der Waals surface area (Å²) in [5.41, 5.74) is 3.03. The van der Waals surface area contributed by atoms with Crippen molar-refractivity contribution in [3.63, 3.8) is 0 Å². The molecule has 0 fully saturated rings. The average Bonchev–Trinajstić information content (AvgIpc) is 3.05. The minimum Gasteiger partial charge on any atom is -0.459 e. The molecule has 4 rings (SSSR count). The number of fused-ring (bicyclic) bond motifs is 1. The van der Waals surface area contributed by atoms with Gasteiger partial charge >= 0.3 is 5.97 Å². The standard InChI is InChI=1S/C23H20FN3O2S/c1-13(2)29-23(28)16-5-4-6-18(11-16)27-21-20-19(15-7-9-17(24)10-8-15)14(3)30-22(20)26-12-25-21/h4-13H,1-3H3,(H,25,26,27). The van der Waals surface area contributed by atoms with Crippen LogP contribution < -0.4 is 5.32 Å². The highest BCUT2D eigenvalue weighted by molar-refractivity contribution is 7.19. The number of thiophene rings is 1. The third-order valence-corrected chi connectivity index (χ3v) is 5.51. The molecule has 0 radical (unpaired) electrons. The number of hydrogen-bond acceptors (Lipinski definition) is 6. The smallest absolute Gasteiger partial charge is 0.338 e. The number of ether oxygens (including phenoxy) is 1. The fourth-order valence-corrected chi connectivity index (χ4v) is 4.26. The van der Waals surface area contributed by atoms with Gasteiger partial charge in [0.05, 0.1) is 17.1 Å². The molecule has 0 saturated heterocycles. The molecule has 0 aliphatic rings. The van der Waals surface area contributed by atoms with E-state index in [0.717, 1.165) is 26.2 Å². The molecule has 2 aromatic carbocycles. The van der Waals surface area contributed by atoms with E-state index in [1.165, 1.54) is 18.5 Å². The van der Waals surface area contributed by atoms with E-state index in [1.807, 2.05) is 26.8 Å². The van der Waals surface area contributed by atoms with E-state index in [1.54, 1.807) is 41.7 Å². The molecule has 0 bridgehead atoms. The summed E-state index contributed by atoms with van der Waals surface area (Å²) < 4.78 is 18.7. The second kappa shape index (κ2) is 8.20. The summed E-state index contributed by atoms with van der Waals surface area (Å²) in [6, 6.07) is 13.5. The quantitative estimate of drug-likeness (QED) is 0.394. The molecular weight excluding hydrogens is 401 g/mol. The first-order valence-corrected chi connectivity index (χ1v) is 10.3. The molecule has 0 spiro atoms. The monoisotopic (exact) mass is 421 g/mol.